The molecule has 1 fully saturated rings. The molecule has 1 heterocycles. The smallest absolute Gasteiger partial charge is 0.305 e. The van der Waals surface area contributed by atoms with Crippen molar-refractivity contribution < 1.29 is 14.7 Å². The zero-order valence-corrected chi connectivity index (χ0v) is 16.1. The van der Waals surface area contributed by atoms with Gasteiger partial charge in [0.25, 0.3) is 0 Å². The van der Waals surface area contributed by atoms with E-state index < -0.39 is 19.3 Å². The van der Waals surface area contributed by atoms with E-state index in [4.69, 9.17) is 5.11 Å². The molecule has 0 saturated carbocycles. The molecular formula is C17H19N3O3SSi. The van der Waals surface area contributed by atoms with Crippen molar-refractivity contribution in [3.8, 4) is 11.5 Å². The summed E-state index contributed by atoms with van der Waals surface area (Å²) < 4.78 is 0. The molecule has 0 aliphatic carbocycles. The lowest BCUT2D eigenvalue weighted by Gasteiger charge is -2.03. The maximum Gasteiger partial charge on any atom is 0.305 e. The molecule has 25 heavy (non-hydrogen) atoms. The molecule has 0 bridgehead atoms. The van der Waals surface area contributed by atoms with Crippen LogP contribution in [0.15, 0.2) is 34.5 Å². The van der Waals surface area contributed by atoms with Crippen LogP contribution in [0.3, 0.4) is 0 Å². The fourth-order valence-corrected chi connectivity index (χ4v) is 3.24. The van der Waals surface area contributed by atoms with Gasteiger partial charge in [-0.15, -0.1) is 10.6 Å². The van der Waals surface area contributed by atoms with Gasteiger partial charge in [-0.1, -0.05) is 49.5 Å². The first-order valence-corrected chi connectivity index (χ1v) is 12.0. The fourth-order valence-electron chi connectivity index (χ4n) is 1.81. The molecule has 1 amide bonds. The Kier molecular flexibility index (Phi) is 6.17. The van der Waals surface area contributed by atoms with E-state index in [9.17, 15) is 9.59 Å². The number of rotatable bonds is 4. The van der Waals surface area contributed by atoms with Gasteiger partial charge in [-0.3, -0.25) is 9.59 Å². The number of nitrogens with zero attached hydrogens (tertiary/aromatic N) is 2. The number of thioether (sulfide) groups is 1. The largest absolute Gasteiger partial charge is 0.481 e. The standard InChI is InChI=1S/C17H19N3O3SSi/c1-25(2,3)9-8-12-4-6-13(7-5-12)11-18-20-17-19-16(23)14(24-17)10-15(21)22/h4-7,11,14H,10H2,1-3H3,(H,21,22)(H,19,20,23). The summed E-state index contributed by atoms with van der Waals surface area (Å²) in [5.41, 5.74) is 5.13. The summed E-state index contributed by atoms with van der Waals surface area (Å²) in [6.45, 7) is 6.59. The summed E-state index contributed by atoms with van der Waals surface area (Å²) in [4.78, 5) is 22.3. The Hall–Kier alpha value is -2.37. The molecule has 0 radical (unpaired) electrons. The van der Waals surface area contributed by atoms with Crippen molar-refractivity contribution >= 4 is 43.1 Å². The van der Waals surface area contributed by atoms with Crippen molar-refractivity contribution in [3.05, 3.63) is 35.4 Å². The summed E-state index contributed by atoms with van der Waals surface area (Å²) in [6.07, 6.45) is 1.33. The number of carbonyl (C=O) groups excluding carboxylic acids is 1. The van der Waals surface area contributed by atoms with Crippen LogP contribution >= 0.6 is 11.8 Å². The topological polar surface area (TPSA) is 91.1 Å². The first kappa shape index (κ1) is 19.0. The van der Waals surface area contributed by atoms with Gasteiger partial charge in [-0.25, -0.2) is 0 Å². The number of hydrogen-bond acceptors (Lipinski definition) is 5. The summed E-state index contributed by atoms with van der Waals surface area (Å²) in [6, 6.07) is 7.64. The van der Waals surface area contributed by atoms with E-state index in [1.54, 1.807) is 6.21 Å². The van der Waals surface area contributed by atoms with Gasteiger partial charge >= 0.3 is 5.97 Å². The van der Waals surface area contributed by atoms with Crippen LogP contribution in [0.1, 0.15) is 17.5 Å². The summed E-state index contributed by atoms with van der Waals surface area (Å²) in [5.74, 6) is 1.81. The van der Waals surface area contributed by atoms with Crippen molar-refractivity contribution in [2.75, 3.05) is 0 Å². The molecule has 1 atom stereocenters. The molecule has 2 rings (SSSR count). The monoisotopic (exact) mass is 373 g/mol. The third kappa shape index (κ3) is 6.56. The lowest BCUT2D eigenvalue weighted by Crippen LogP contribution is -2.26. The second-order valence-corrected chi connectivity index (χ2v) is 12.4. The lowest BCUT2D eigenvalue weighted by molar-refractivity contribution is -0.138. The maximum absolute atomic E-state index is 11.6. The zero-order valence-electron chi connectivity index (χ0n) is 14.2. The third-order valence-electron chi connectivity index (χ3n) is 2.98. The second kappa shape index (κ2) is 8.14. The average molecular weight is 374 g/mol. The predicted molar refractivity (Wildman–Crippen MR) is 103 cm³/mol. The molecule has 1 aliphatic heterocycles. The first-order valence-electron chi connectivity index (χ1n) is 7.66. The van der Waals surface area contributed by atoms with Gasteiger partial charge in [0, 0.05) is 5.56 Å². The second-order valence-electron chi connectivity index (χ2n) is 6.47. The van der Waals surface area contributed by atoms with Crippen molar-refractivity contribution in [2.45, 2.75) is 31.3 Å². The molecule has 1 aromatic rings. The van der Waals surface area contributed by atoms with Crippen LogP contribution in [0, 0.1) is 11.5 Å². The highest BCUT2D eigenvalue weighted by Gasteiger charge is 2.32. The first-order chi connectivity index (χ1) is 11.7. The van der Waals surface area contributed by atoms with Crippen LogP contribution < -0.4 is 5.32 Å². The maximum atomic E-state index is 11.6. The van der Waals surface area contributed by atoms with E-state index in [0.717, 1.165) is 22.9 Å². The lowest BCUT2D eigenvalue weighted by atomic mass is 10.1. The number of hydrogen-bond donors (Lipinski definition) is 2. The molecule has 1 aliphatic rings. The van der Waals surface area contributed by atoms with Crippen LogP contribution in [0.4, 0.5) is 0 Å². The summed E-state index contributed by atoms with van der Waals surface area (Å²) >= 11 is 1.07. The average Bonchev–Trinajstić information content (AvgIpc) is 2.85. The number of amides is 1. The van der Waals surface area contributed by atoms with Crippen molar-refractivity contribution in [1.29, 1.82) is 0 Å². The zero-order chi connectivity index (χ0) is 18.4. The Morgan fingerprint density at radius 1 is 1.36 bits per heavy atom. The number of aliphatic carboxylic acids is 1. The van der Waals surface area contributed by atoms with Crippen LogP contribution in [-0.4, -0.2) is 41.7 Å². The molecule has 2 N–H and O–H groups in total. The highest BCUT2D eigenvalue weighted by molar-refractivity contribution is 8.15. The Morgan fingerprint density at radius 2 is 2.04 bits per heavy atom. The third-order valence-corrected chi connectivity index (χ3v) is 4.93. The molecule has 0 aromatic heterocycles. The minimum atomic E-state index is -1.39. The van der Waals surface area contributed by atoms with E-state index in [-0.39, 0.29) is 12.3 Å². The van der Waals surface area contributed by atoms with E-state index in [1.807, 2.05) is 24.3 Å². The van der Waals surface area contributed by atoms with Crippen molar-refractivity contribution in [2.24, 2.45) is 10.2 Å². The number of nitrogens with one attached hydrogen (secondary N) is 1. The summed E-state index contributed by atoms with van der Waals surface area (Å²) in [5, 5.41) is 18.8. The van der Waals surface area contributed by atoms with E-state index in [0.29, 0.717) is 5.17 Å². The van der Waals surface area contributed by atoms with Crippen LogP contribution in [0.25, 0.3) is 0 Å². The molecule has 130 valence electrons. The van der Waals surface area contributed by atoms with E-state index >= 15 is 0 Å². The van der Waals surface area contributed by atoms with Gasteiger partial charge in [-0.05, 0) is 17.7 Å². The SMILES string of the molecule is C[Si](C)(C)C#Cc1ccc(C=NN=C2NC(=O)C(CC(=O)O)S2)cc1. The Balaban J connectivity index is 1.97. The van der Waals surface area contributed by atoms with Crippen molar-refractivity contribution in [1.82, 2.24) is 5.32 Å². The molecule has 1 saturated heterocycles. The number of carboxylic acids is 1. The minimum Gasteiger partial charge on any atom is -0.481 e. The molecule has 8 heteroatoms. The Labute approximate surface area is 151 Å². The van der Waals surface area contributed by atoms with Crippen LogP contribution in [-0.2, 0) is 9.59 Å². The Bertz CT molecular complexity index is 786. The van der Waals surface area contributed by atoms with E-state index in [1.165, 1.54) is 0 Å². The molecule has 6 nitrogen and oxygen atoms in total. The number of carboxylic acid groups (broad SMARTS) is 1. The number of benzene rings is 1. The van der Waals surface area contributed by atoms with Gasteiger partial charge < -0.3 is 10.4 Å². The van der Waals surface area contributed by atoms with Gasteiger partial charge in [-0.2, -0.15) is 5.10 Å². The van der Waals surface area contributed by atoms with Crippen molar-refractivity contribution in [3.63, 3.8) is 0 Å². The van der Waals surface area contributed by atoms with Gasteiger partial charge in [0.2, 0.25) is 5.91 Å². The molecular weight excluding hydrogens is 354 g/mol. The quantitative estimate of drug-likeness (QED) is 0.367. The normalized spacial score (nSPS) is 18.9. The van der Waals surface area contributed by atoms with Crippen LogP contribution in [0.5, 0.6) is 0 Å². The fraction of sp³-hybridized carbons (Fsp3) is 0.294. The van der Waals surface area contributed by atoms with Crippen LogP contribution in [0.2, 0.25) is 19.6 Å². The number of carbonyl (C=O) groups is 2. The highest BCUT2D eigenvalue weighted by atomic mass is 32.2. The molecule has 1 unspecified atom stereocenters. The van der Waals surface area contributed by atoms with Gasteiger partial charge in [0.05, 0.1) is 12.6 Å². The van der Waals surface area contributed by atoms with Gasteiger partial charge in [0.15, 0.2) is 5.17 Å². The predicted octanol–water partition coefficient (Wildman–Crippen LogP) is 2.31. The summed E-state index contributed by atoms with van der Waals surface area (Å²) in [7, 11) is -1.39. The number of amidine groups is 1. The molecule has 1 aromatic carbocycles. The highest BCUT2D eigenvalue weighted by Crippen LogP contribution is 2.22. The molecule has 0 spiro atoms. The Morgan fingerprint density at radius 3 is 2.64 bits per heavy atom. The van der Waals surface area contributed by atoms with E-state index in [2.05, 4.69) is 46.6 Å². The van der Waals surface area contributed by atoms with Gasteiger partial charge in [0.1, 0.15) is 13.3 Å². The minimum absolute atomic E-state index is 0.237.